The van der Waals surface area contributed by atoms with Gasteiger partial charge in [-0.2, -0.15) is 0 Å². The van der Waals surface area contributed by atoms with E-state index >= 15 is 0 Å². The molecule has 0 heterocycles. The summed E-state index contributed by atoms with van der Waals surface area (Å²) >= 11 is 0. The molecule has 6 heteroatoms. The minimum atomic E-state index is -0.783. The van der Waals surface area contributed by atoms with Crippen LogP contribution in [0.3, 0.4) is 0 Å². The molecular weight excluding hydrogens is 985 g/mol. The average molecular weight is 1120 g/mol. The van der Waals surface area contributed by atoms with Crippen LogP contribution in [0.25, 0.3) is 0 Å². The fraction of sp³-hybridized carbons (Fsp3) is 0.797. The second-order valence-corrected chi connectivity index (χ2v) is 23.4. The summed E-state index contributed by atoms with van der Waals surface area (Å²) in [5.74, 6) is -0.876. The molecule has 0 radical (unpaired) electrons. The Kier molecular flexibility index (Phi) is 65.7. The molecule has 0 aromatic heterocycles. The van der Waals surface area contributed by atoms with Crippen LogP contribution in [-0.4, -0.2) is 37.2 Å². The van der Waals surface area contributed by atoms with E-state index < -0.39 is 6.10 Å². The van der Waals surface area contributed by atoms with E-state index in [1.807, 2.05) is 0 Å². The molecular formula is C74H132O6. The molecule has 464 valence electrons. The van der Waals surface area contributed by atoms with Crippen LogP contribution in [0.15, 0.2) is 72.9 Å². The number of hydrogen-bond acceptors (Lipinski definition) is 6. The molecule has 0 aliphatic rings. The van der Waals surface area contributed by atoms with E-state index in [2.05, 4.69) is 93.7 Å². The van der Waals surface area contributed by atoms with Gasteiger partial charge in [-0.25, -0.2) is 0 Å². The zero-order chi connectivity index (χ0) is 57.8. The highest BCUT2D eigenvalue weighted by Crippen LogP contribution is 2.18. The Morgan fingerprint density at radius 2 is 0.487 bits per heavy atom. The molecule has 0 fully saturated rings. The largest absolute Gasteiger partial charge is 0.462 e. The number of carbonyl (C=O) groups excluding carboxylic acids is 3. The zero-order valence-electron chi connectivity index (χ0n) is 53.3. The monoisotopic (exact) mass is 1120 g/mol. The van der Waals surface area contributed by atoms with Gasteiger partial charge in [0.15, 0.2) is 6.10 Å². The second-order valence-electron chi connectivity index (χ2n) is 23.4. The summed E-state index contributed by atoms with van der Waals surface area (Å²) in [6.45, 7) is 6.56. The van der Waals surface area contributed by atoms with Crippen LogP contribution < -0.4 is 0 Å². The number of carbonyl (C=O) groups is 3. The van der Waals surface area contributed by atoms with Gasteiger partial charge in [0.2, 0.25) is 0 Å². The predicted octanol–water partition coefficient (Wildman–Crippen LogP) is 24.1. The first kappa shape index (κ1) is 76.9. The van der Waals surface area contributed by atoms with Gasteiger partial charge in [-0.1, -0.05) is 325 Å². The van der Waals surface area contributed by atoms with Gasteiger partial charge < -0.3 is 14.2 Å². The van der Waals surface area contributed by atoms with Crippen molar-refractivity contribution in [2.75, 3.05) is 13.2 Å². The highest BCUT2D eigenvalue weighted by atomic mass is 16.6. The SMILES string of the molecule is CC/C=C\C/C=C\C/C=C\CCCCCCCC(=O)OCC(COC(=O)CCCCCCCCCCCCCC/C=C\C/C=C\C/C=C\CCCCCCC)OC(=O)CCCCCCCCCCCCCCCCCCCCCC. The summed E-state index contributed by atoms with van der Waals surface area (Å²) in [6.07, 6.45) is 89.2. The summed E-state index contributed by atoms with van der Waals surface area (Å²) in [6, 6.07) is 0. The van der Waals surface area contributed by atoms with E-state index in [1.54, 1.807) is 0 Å². The smallest absolute Gasteiger partial charge is 0.306 e. The van der Waals surface area contributed by atoms with Crippen molar-refractivity contribution in [3.8, 4) is 0 Å². The normalized spacial score (nSPS) is 12.5. The summed E-state index contributed by atoms with van der Waals surface area (Å²) in [5.41, 5.74) is 0. The summed E-state index contributed by atoms with van der Waals surface area (Å²) in [4.78, 5) is 38.4. The van der Waals surface area contributed by atoms with E-state index in [0.29, 0.717) is 19.3 Å². The molecule has 1 unspecified atom stereocenters. The van der Waals surface area contributed by atoms with Crippen molar-refractivity contribution in [3.05, 3.63) is 72.9 Å². The minimum Gasteiger partial charge on any atom is -0.462 e. The zero-order valence-corrected chi connectivity index (χ0v) is 53.3. The predicted molar refractivity (Wildman–Crippen MR) is 348 cm³/mol. The van der Waals surface area contributed by atoms with Crippen molar-refractivity contribution < 1.29 is 28.6 Å². The fourth-order valence-corrected chi connectivity index (χ4v) is 10.2. The van der Waals surface area contributed by atoms with Gasteiger partial charge in [0.1, 0.15) is 13.2 Å². The summed E-state index contributed by atoms with van der Waals surface area (Å²) < 4.78 is 17.0. The molecule has 0 N–H and O–H groups in total. The highest BCUT2D eigenvalue weighted by Gasteiger charge is 2.19. The van der Waals surface area contributed by atoms with Gasteiger partial charge in [-0.15, -0.1) is 0 Å². The van der Waals surface area contributed by atoms with Gasteiger partial charge in [0.25, 0.3) is 0 Å². The Morgan fingerprint density at radius 1 is 0.263 bits per heavy atom. The molecule has 0 saturated heterocycles. The molecule has 0 aromatic rings. The molecule has 0 aromatic carbocycles. The van der Waals surface area contributed by atoms with Gasteiger partial charge in [0, 0.05) is 19.3 Å². The molecule has 0 aliphatic carbocycles. The molecule has 0 spiro atoms. The number of ether oxygens (including phenoxy) is 3. The number of hydrogen-bond donors (Lipinski definition) is 0. The lowest BCUT2D eigenvalue weighted by molar-refractivity contribution is -0.167. The molecule has 0 amide bonds. The van der Waals surface area contributed by atoms with Crippen LogP contribution in [0.4, 0.5) is 0 Å². The van der Waals surface area contributed by atoms with Gasteiger partial charge in [0.05, 0.1) is 0 Å². The quantitative estimate of drug-likeness (QED) is 0.0261. The van der Waals surface area contributed by atoms with Crippen molar-refractivity contribution in [2.24, 2.45) is 0 Å². The lowest BCUT2D eigenvalue weighted by Gasteiger charge is -2.18. The molecule has 0 saturated carbocycles. The van der Waals surface area contributed by atoms with E-state index in [-0.39, 0.29) is 31.1 Å². The highest BCUT2D eigenvalue weighted by molar-refractivity contribution is 5.71. The van der Waals surface area contributed by atoms with Crippen molar-refractivity contribution in [1.82, 2.24) is 0 Å². The average Bonchev–Trinajstić information content (AvgIpc) is 3.46. The first-order valence-electron chi connectivity index (χ1n) is 34.9. The maximum absolute atomic E-state index is 12.9. The van der Waals surface area contributed by atoms with Crippen LogP contribution in [0.1, 0.15) is 361 Å². The minimum absolute atomic E-state index is 0.0785. The third-order valence-corrected chi connectivity index (χ3v) is 15.4. The molecule has 1 atom stereocenters. The Balaban J connectivity index is 4.29. The number of esters is 3. The molecule has 0 rings (SSSR count). The molecule has 0 aliphatic heterocycles. The summed E-state index contributed by atoms with van der Waals surface area (Å²) in [5, 5.41) is 0. The first-order valence-corrected chi connectivity index (χ1v) is 34.9. The van der Waals surface area contributed by atoms with Crippen molar-refractivity contribution in [3.63, 3.8) is 0 Å². The maximum atomic E-state index is 12.9. The van der Waals surface area contributed by atoms with E-state index in [1.165, 1.54) is 212 Å². The van der Waals surface area contributed by atoms with Crippen LogP contribution in [0, 0.1) is 0 Å². The number of rotatable bonds is 64. The molecule has 0 bridgehead atoms. The van der Waals surface area contributed by atoms with Gasteiger partial charge in [-0.3, -0.25) is 14.4 Å². The third-order valence-electron chi connectivity index (χ3n) is 15.4. The van der Waals surface area contributed by atoms with E-state index in [0.717, 1.165) is 109 Å². The van der Waals surface area contributed by atoms with Gasteiger partial charge >= 0.3 is 17.9 Å². The van der Waals surface area contributed by atoms with Crippen molar-refractivity contribution in [1.29, 1.82) is 0 Å². The Morgan fingerprint density at radius 3 is 0.762 bits per heavy atom. The topological polar surface area (TPSA) is 78.9 Å². The molecule has 6 nitrogen and oxygen atoms in total. The number of allylic oxidation sites excluding steroid dienone is 12. The van der Waals surface area contributed by atoms with Crippen LogP contribution in [0.5, 0.6) is 0 Å². The Labute approximate surface area is 497 Å². The summed E-state index contributed by atoms with van der Waals surface area (Å²) in [7, 11) is 0. The van der Waals surface area contributed by atoms with Crippen LogP contribution >= 0.6 is 0 Å². The lowest BCUT2D eigenvalue weighted by atomic mass is 10.0. The Hall–Kier alpha value is -3.15. The van der Waals surface area contributed by atoms with Crippen molar-refractivity contribution >= 4 is 17.9 Å². The third kappa shape index (κ3) is 65.7. The van der Waals surface area contributed by atoms with E-state index in [4.69, 9.17) is 14.2 Å². The van der Waals surface area contributed by atoms with E-state index in [9.17, 15) is 14.4 Å². The van der Waals surface area contributed by atoms with Crippen molar-refractivity contribution in [2.45, 2.75) is 367 Å². The van der Waals surface area contributed by atoms with Crippen LogP contribution in [0.2, 0.25) is 0 Å². The molecule has 80 heavy (non-hydrogen) atoms. The second kappa shape index (κ2) is 68.3. The van der Waals surface area contributed by atoms with Gasteiger partial charge in [-0.05, 0) is 89.9 Å². The standard InChI is InChI=1S/C74H132O6/c1-4-7-10-13-16-19-22-25-28-30-32-34-35-36-37-38-39-40-42-43-46-49-52-55-58-61-64-67-73(76)79-70-71(69-78-72(75)66-63-60-57-54-51-48-45-27-24-21-18-15-12-9-6-3)80-74(77)68-65-62-59-56-53-50-47-44-41-33-31-29-26-23-20-17-14-11-8-5-2/h9,12,18,21-22,25,27,30,32,35-36,45,71H,4-8,10-11,13-17,19-20,23-24,26,28-29,31,33-34,37-44,46-70H2,1-3H3/b12-9-,21-18-,25-22-,32-30-,36-35-,45-27-. The first-order chi connectivity index (χ1) is 39.5. The Bertz CT molecular complexity index is 1470. The number of unbranched alkanes of at least 4 members (excludes halogenated alkanes) is 41. The fourth-order valence-electron chi connectivity index (χ4n) is 10.2. The lowest BCUT2D eigenvalue weighted by Crippen LogP contribution is -2.30. The maximum Gasteiger partial charge on any atom is 0.306 e. The van der Waals surface area contributed by atoms with Crippen LogP contribution in [-0.2, 0) is 28.6 Å².